The first kappa shape index (κ1) is 19.6. The highest BCUT2D eigenvalue weighted by Crippen LogP contribution is 2.36. The number of ether oxygens (including phenoxy) is 4. The zero-order chi connectivity index (χ0) is 21.2. The number of aromatic nitrogens is 2. The maximum Gasteiger partial charge on any atom is 0.277 e. The van der Waals surface area contributed by atoms with Crippen molar-refractivity contribution in [3.63, 3.8) is 0 Å². The zero-order valence-corrected chi connectivity index (χ0v) is 17.4. The first-order valence-corrected chi connectivity index (χ1v) is 10.7. The van der Waals surface area contributed by atoms with Gasteiger partial charge in [-0.05, 0) is 42.8 Å². The molecular formula is C21H19N3O6S. The van der Waals surface area contributed by atoms with Gasteiger partial charge in [-0.1, -0.05) is 17.8 Å². The van der Waals surface area contributed by atoms with Gasteiger partial charge in [-0.25, -0.2) is 0 Å². The molecule has 0 radical (unpaired) electrons. The quantitative estimate of drug-likeness (QED) is 0.577. The molecule has 0 saturated heterocycles. The van der Waals surface area contributed by atoms with Crippen LogP contribution in [0.5, 0.6) is 23.0 Å². The molecule has 10 heteroatoms. The Morgan fingerprint density at radius 3 is 2.65 bits per heavy atom. The summed E-state index contributed by atoms with van der Waals surface area (Å²) >= 11 is 1.18. The second-order valence-corrected chi connectivity index (χ2v) is 7.85. The van der Waals surface area contributed by atoms with Crippen LogP contribution in [0.1, 0.15) is 18.5 Å². The van der Waals surface area contributed by atoms with Crippen molar-refractivity contribution < 1.29 is 28.2 Å². The van der Waals surface area contributed by atoms with E-state index in [1.54, 1.807) is 12.1 Å². The first-order valence-electron chi connectivity index (χ1n) is 9.71. The molecule has 0 spiro atoms. The number of amides is 1. The predicted molar refractivity (Wildman–Crippen MR) is 111 cm³/mol. The molecule has 2 aliphatic heterocycles. The van der Waals surface area contributed by atoms with Gasteiger partial charge in [0.05, 0.1) is 11.8 Å². The molecule has 5 rings (SSSR count). The lowest BCUT2D eigenvalue weighted by Crippen LogP contribution is -2.28. The van der Waals surface area contributed by atoms with Gasteiger partial charge < -0.3 is 28.7 Å². The maximum absolute atomic E-state index is 12.4. The van der Waals surface area contributed by atoms with Gasteiger partial charge in [0.15, 0.2) is 23.0 Å². The number of nitrogens with one attached hydrogen (secondary N) is 1. The third-order valence-electron chi connectivity index (χ3n) is 4.80. The van der Waals surface area contributed by atoms with E-state index >= 15 is 0 Å². The molecule has 1 amide bonds. The van der Waals surface area contributed by atoms with Gasteiger partial charge in [0.25, 0.3) is 5.22 Å². The summed E-state index contributed by atoms with van der Waals surface area (Å²) < 4.78 is 27.5. The molecule has 0 saturated carbocycles. The highest BCUT2D eigenvalue weighted by molar-refractivity contribution is 7.99. The zero-order valence-electron chi connectivity index (χ0n) is 16.6. The first-order chi connectivity index (χ1) is 15.2. The molecule has 0 unspecified atom stereocenters. The molecular weight excluding hydrogens is 422 g/mol. The van der Waals surface area contributed by atoms with Crippen molar-refractivity contribution in [3.05, 3.63) is 42.0 Å². The van der Waals surface area contributed by atoms with E-state index in [4.69, 9.17) is 23.4 Å². The van der Waals surface area contributed by atoms with Crippen LogP contribution in [-0.4, -0.2) is 41.9 Å². The number of carbonyl (C=O) groups excluding carboxylic acids is 1. The SMILES string of the molecule is C[C@@H](NC(=O)CSc1nnc(-c2ccc3c(c2)OCO3)o1)c1ccc2c(c1)OCCO2. The normalized spacial score (nSPS) is 14.9. The Kier molecular flexibility index (Phi) is 5.29. The number of rotatable bonds is 6. The largest absolute Gasteiger partial charge is 0.486 e. The van der Waals surface area contributed by atoms with Crippen LogP contribution >= 0.6 is 11.8 Å². The van der Waals surface area contributed by atoms with Crippen molar-refractivity contribution in [2.45, 2.75) is 18.2 Å². The molecule has 2 aliphatic rings. The van der Waals surface area contributed by atoms with Crippen molar-refractivity contribution in [3.8, 4) is 34.5 Å². The Bertz CT molecular complexity index is 1120. The van der Waals surface area contributed by atoms with Gasteiger partial charge >= 0.3 is 0 Å². The lowest BCUT2D eigenvalue weighted by Gasteiger charge is -2.21. The highest BCUT2D eigenvalue weighted by atomic mass is 32.2. The Morgan fingerprint density at radius 2 is 1.74 bits per heavy atom. The van der Waals surface area contributed by atoms with Gasteiger partial charge in [0, 0.05) is 5.56 Å². The number of hydrogen-bond donors (Lipinski definition) is 1. The fourth-order valence-corrected chi connectivity index (χ4v) is 3.81. The van der Waals surface area contributed by atoms with Gasteiger partial charge in [0.1, 0.15) is 13.2 Å². The number of benzene rings is 2. The topological polar surface area (TPSA) is 105 Å². The summed E-state index contributed by atoms with van der Waals surface area (Å²) in [5, 5.41) is 11.3. The monoisotopic (exact) mass is 441 g/mol. The van der Waals surface area contributed by atoms with Crippen LogP contribution in [0, 0.1) is 0 Å². The summed E-state index contributed by atoms with van der Waals surface area (Å²) in [6.45, 7) is 3.18. The van der Waals surface area contributed by atoms with E-state index < -0.39 is 0 Å². The van der Waals surface area contributed by atoms with E-state index in [1.165, 1.54) is 11.8 Å². The molecule has 1 N–H and O–H groups in total. The van der Waals surface area contributed by atoms with Crippen molar-refractivity contribution in [2.75, 3.05) is 25.8 Å². The molecule has 3 heterocycles. The Morgan fingerprint density at radius 1 is 1.00 bits per heavy atom. The van der Waals surface area contributed by atoms with Crippen LogP contribution in [0.25, 0.3) is 11.5 Å². The fraction of sp³-hybridized carbons (Fsp3) is 0.286. The Balaban J connectivity index is 1.17. The molecule has 1 aromatic heterocycles. The summed E-state index contributed by atoms with van der Waals surface area (Å²) in [4.78, 5) is 12.4. The molecule has 160 valence electrons. The van der Waals surface area contributed by atoms with Gasteiger partial charge in [-0.15, -0.1) is 10.2 Å². The van der Waals surface area contributed by atoms with Crippen molar-refractivity contribution in [1.29, 1.82) is 0 Å². The van der Waals surface area contributed by atoms with Gasteiger partial charge in [-0.2, -0.15) is 0 Å². The maximum atomic E-state index is 12.4. The van der Waals surface area contributed by atoms with Crippen LogP contribution in [0.3, 0.4) is 0 Å². The molecule has 0 fully saturated rings. The molecule has 3 aromatic rings. The van der Waals surface area contributed by atoms with Crippen molar-refractivity contribution >= 4 is 17.7 Å². The average molecular weight is 441 g/mol. The average Bonchev–Trinajstić information content (AvgIpc) is 3.46. The number of hydrogen-bond acceptors (Lipinski definition) is 9. The van der Waals surface area contributed by atoms with E-state index in [2.05, 4.69) is 15.5 Å². The predicted octanol–water partition coefficient (Wildman–Crippen LogP) is 3.21. The Hall–Kier alpha value is -3.40. The minimum Gasteiger partial charge on any atom is -0.486 e. The number of thioether (sulfide) groups is 1. The minimum absolute atomic E-state index is 0.143. The van der Waals surface area contributed by atoms with Crippen LogP contribution in [0.2, 0.25) is 0 Å². The summed E-state index contributed by atoms with van der Waals surface area (Å²) in [6.07, 6.45) is 0. The van der Waals surface area contributed by atoms with E-state index in [9.17, 15) is 4.79 Å². The van der Waals surface area contributed by atoms with Crippen LogP contribution in [0.15, 0.2) is 46.0 Å². The third-order valence-corrected chi connectivity index (χ3v) is 5.61. The number of fused-ring (bicyclic) bond motifs is 2. The standard InChI is InChI=1S/C21H19N3O6S/c1-12(13-2-4-15-17(8-13)27-7-6-26-15)22-19(25)10-31-21-24-23-20(30-21)14-3-5-16-18(9-14)29-11-28-16/h2-5,8-9,12H,6-7,10-11H2,1H3,(H,22,25)/t12-/m1/s1. The molecule has 31 heavy (non-hydrogen) atoms. The summed E-state index contributed by atoms with van der Waals surface area (Å²) in [6, 6.07) is 10.9. The second-order valence-electron chi connectivity index (χ2n) is 6.92. The summed E-state index contributed by atoms with van der Waals surface area (Å²) in [5.74, 6) is 3.09. The number of nitrogens with zero attached hydrogens (tertiary/aromatic N) is 2. The fourth-order valence-electron chi connectivity index (χ4n) is 3.24. The molecule has 1 atom stereocenters. The van der Waals surface area contributed by atoms with E-state index in [0.717, 1.165) is 16.9 Å². The lowest BCUT2D eigenvalue weighted by molar-refractivity contribution is -0.119. The van der Waals surface area contributed by atoms with E-state index in [1.807, 2.05) is 31.2 Å². The van der Waals surface area contributed by atoms with Crippen LogP contribution < -0.4 is 24.3 Å². The molecule has 2 aromatic carbocycles. The van der Waals surface area contributed by atoms with Gasteiger partial charge in [0.2, 0.25) is 18.6 Å². The molecule has 9 nitrogen and oxygen atoms in total. The molecule has 0 aliphatic carbocycles. The van der Waals surface area contributed by atoms with E-state index in [-0.39, 0.29) is 24.5 Å². The Labute approximate surface area is 182 Å². The second kappa shape index (κ2) is 8.38. The van der Waals surface area contributed by atoms with Crippen molar-refractivity contribution in [2.24, 2.45) is 0 Å². The van der Waals surface area contributed by atoms with Crippen molar-refractivity contribution in [1.82, 2.24) is 15.5 Å². The summed E-state index contributed by atoms with van der Waals surface area (Å²) in [7, 11) is 0. The van der Waals surface area contributed by atoms with Crippen LogP contribution in [-0.2, 0) is 4.79 Å². The lowest BCUT2D eigenvalue weighted by atomic mass is 10.1. The van der Waals surface area contributed by atoms with Crippen LogP contribution in [0.4, 0.5) is 0 Å². The molecule has 0 bridgehead atoms. The number of carbonyl (C=O) groups is 1. The highest BCUT2D eigenvalue weighted by Gasteiger charge is 2.19. The summed E-state index contributed by atoms with van der Waals surface area (Å²) in [5.41, 5.74) is 1.66. The third kappa shape index (κ3) is 4.24. The van der Waals surface area contributed by atoms with E-state index in [0.29, 0.717) is 41.6 Å². The smallest absolute Gasteiger partial charge is 0.277 e. The van der Waals surface area contributed by atoms with Gasteiger partial charge in [-0.3, -0.25) is 4.79 Å². The minimum atomic E-state index is -0.184.